The molecule has 1 amide bonds. The van der Waals surface area contributed by atoms with E-state index >= 15 is 0 Å². The number of nitrogens with zero attached hydrogens (tertiary/aromatic N) is 1. The summed E-state index contributed by atoms with van der Waals surface area (Å²) in [4.78, 5) is 13.4. The number of likely N-dealkylation sites (N-methyl/N-ethyl adjacent to an activating group) is 1. The van der Waals surface area contributed by atoms with Crippen molar-refractivity contribution in [1.82, 2.24) is 4.90 Å². The standard InChI is InChI=1S/C12H17NO3/c1-3-16-9-8-13(2)12(15)10-4-6-11(14)7-5-10/h4-7,14H,3,8-9H2,1-2H3. The number of hydrogen-bond donors (Lipinski definition) is 1. The summed E-state index contributed by atoms with van der Waals surface area (Å²) in [5, 5.41) is 9.11. The Morgan fingerprint density at radius 1 is 1.38 bits per heavy atom. The van der Waals surface area contributed by atoms with Gasteiger partial charge in [0, 0.05) is 25.8 Å². The zero-order valence-corrected chi connectivity index (χ0v) is 9.64. The van der Waals surface area contributed by atoms with Gasteiger partial charge < -0.3 is 14.7 Å². The van der Waals surface area contributed by atoms with E-state index in [1.165, 1.54) is 12.1 Å². The first kappa shape index (κ1) is 12.5. The van der Waals surface area contributed by atoms with Crippen LogP contribution in [0, 0.1) is 0 Å². The second-order valence-electron chi connectivity index (χ2n) is 3.47. The Bertz CT molecular complexity index is 335. The van der Waals surface area contributed by atoms with Crippen LogP contribution in [0.1, 0.15) is 17.3 Å². The van der Waals surface area contributed by atoms with Crippen LogP contribution in [0.15, 0.2) is 24.3 Å². The second kappa shape index (κ2) is 6.12. The van der Waals surface area contributed by atoms with Gasteiger partial charge in [0.1, 0.15) is 5.75 Å². The lowest BCUT2D eigenvalue weighted by molar-refractivity contribution is 0.0710. The summed E-state index contributed by atoms with van der Waals surface area (Å²) in [6.07, 6.45) is 0. The molecule has 0 aromatic heterocycles. The molecule has 0 fully saturated rings. The van der Waals surface area contributed by atoms with Crippen LogP contribution in [-0.2, 0) is 4.74 Å². The molecule has 0 spiro atoms. The fraction of sp³-hybridized carbons (Fsp3) is 0.417. The number of carbonyl (C=O) groups excluding carboxylic acids is 1. The number of rotatable bonds is 5. The smallest absolute Gasteiger partial charge is 0.253 e. The minimum absolute atomic E-state index is 0.0697. The van der Waals surface area contributed by atoms with Crippen LogP contribution in [0.5, 0.6) is 5.75 Å². The lowest BCUT2D eigenvalue weighted by Crippen LogP contribution is -2.30. The predicted molar refractivity (Wildman–Crippen MR) is 61.6 cm³/mol. The molecule has 0 saturated heterocycles. The van der Waals surface area contributed by atoms with Crippen LogP contribution >= 0.6 is 0 Å². The van der Waals surface area contributed by atoms with E-state index in [2.05, 4.69) is 0 Å². The first-order valence-electron chi connectivity index (χ1n) is 5.27. The van der Waals surface area contributed by atoms with Crippen LogP contribution in [0.4, 0.5) is 0 Å². The molecule has 0 aliphatic heterocycles. The maximum absolute atomic E-state index is 11.8. The molecule has 0 radical (unpaired) electrons. The summed E-state index contributed by atoms with van der Waals surface area (Å²) in [6.45, 7) is 3.67. The maximum Gasteiger partial charge on any atom is 0.253 e. The van der Waals surface area contributed by atoms with E-state index < -0.39 is 0 Å². The molecule has 4 nitrogen and oxygen atoms in total. The SMILES string of the molecule is CCOCCN(C)C(=O)c1ccc(O)cc1. The van der Waals surface area contributed by atoms with E-state index in [4.69, 9.17) is 9.84 Å². The van der Waals surface area contributed by atoms with E-state index in [1.807, 2.05) is 6.92 Å². The minimum atomic E-state index is -0.0697. The topological polar surface area (TPSA) is 49.8 Å². The molecule has 88 valence electrons. The van der Waals surface area contributed by atoms with Gasteiger partial charge in [-0.05, 0) is 31.2 Å². The quantitative estimate of drug-likeness (QED) is 0.770. The van der Waals surface area contributed by atoms with Crippen molar-refractivity contribution >= 4 is 5.91 Å². The third-order valence-electron chi connectivity index (χ3n) is 2.24. The molecule has 0 heterocycles. The largest absolute Gasteiger partial charge is 0.508 e. The Kier molecular flexibility index (Phi) is 4.79. The predicted octanol–water partition coefficient (Wildman–Crippen LogP) is 1.50. The fourth-order valence-electron chi connectivity index (χ4n) is 1.27. The normalized spacial score (nSPS) is 10.1. The molecular weight excluding hydrogens is 206 g/mol. The molecule has 1 aromatic rings. The molecule has 0 unspecified atom stereocenters. The van der Waals surface area contributed by atoms with Gasteiger partial charge in [0.2, 0.25) is 0 Å². The second-order valence-corrected chi connectivity index (χ2v) is 3.47. The monoisotopic (exact) mass is 223 g/mol. The highest BCUT2D eigenvalue weighted by Crippen LogP contribution is 2.11. The molecule has 0 aliphatic carbocycles. The highest BCUT2D eigenvalue weighted by atomic mass is 16.5. The van der Waals surface area contributed by atoms with Gasteiger partial charge in [-0.25, -0.2) is 0 Å². The third kappa shape index (κ3) is 3.55. The molecule has 0 bridgehead atoms. The summed E-state index contributed by atoms with van der Waals surface area (Å²) >= 11 is 0. The van der Waals surface area contributed by atoms with Gasteiger partial charge in [0.15, 0.2) is 0 Å². The van der Waals surface area contributed by atoms with E-state index in [9.17, 15) is 4.79 Å². The summed E-state index contributed by atoms with van der Waals surface area (Å²) in [7, 11) is 1.73. The van der Waals surface area contributed by atoms with E-state index in [-0.39, 0.29) is 11.7 Å². The molecule has 1 aromatic carbocycles. The van der Waals surface area contributed by atoms with Crippen molar-refractivity contribution in [2.75, 3.05) is 26.8 Å². The number of phenolic OH excluding ortho intramolecular Hbond substituents is 1. The van der Waals surface area contributed by atoms with Crippen LogP contribution in [0.25, 0.3) is 0 Å². The first-order chi connectivity index (χ1) is 7.65. The van der Waals surface area contributed by atoms with E-state index in [1.54, 1.807) is 24.1 Å². The number of amides is 1. The summed E-state index contributed by atoms with van der Waals surface area (Å²) in [6, 6.07) is 6.22. The van der Waals surface area contributed by atoms with Crippen LogP contribution in [0.2, 0.25) is 0 Å². The van der Waals surface area contributed by atoms with Gasteiger partial charge in [0.25, 0.3) is 5.91 Å². The van der Waals surface area contributed by atoms with Crippen molar-refractivity contribution in [3.8, 4) is 5.75 Å². The van der Waals surface area contributed by atoms with Gasteiger partial charge in [0.05, 0.1) is 6.61 Å². The van der Waals surface area contributed by atoms with Crippen LogP contribution < -0.4 is 0 Å². The lowest BCUT2D eigenvalue weighted by atomic mass is 10.2. The summed E-state index contributed by atoms with van der Waals surface area (Å²) in [5.74, 6) is 0.0909. The molecule has 1 N–H and O–H groups in total. The van der Waals surface area contributed by atoms with Crippen molar-refractivity contribution < 1.29 is 14.6 Å². The Balaban J connectivity index is 2.53. The van der Waals surface area contributed by atoms with Crippen molar-refractivity contribution in [3.05, 3.63) is 29.8 Å². The fourth-order valence-corrected chi connectivity index (χ4v) is 1.27. The Morgan fingerprint density at radius 2 is 2.00 bits per heavy atom. The molecule has 16 heavy (non-hydrogen) atoms. The summed E-state index contributed by atoms with van der Waals surface area (Å²) < 4.78 is 5.18. The Labute approximate surface area is 95.5 Å². The Morgan fingerprint density at radius 3 is 2.56 bits per heavy atom. The number of aromatic hydroxyl groups is 1. The van der Waals surface area contributed by atoms with Crippen LogP contribution in [0.3, 0.4) is 0 Å². The average molecular weight is 223 g/mol. The first-order valence-corrected chi connectivity index (χ1v) is 5.27. The molecule has 1 rings (SSSR count). The highest BCUT2D eigenvalue weighted by molar-refractivity contribution is 5.94. The van der Waals surface area contributed by atoms with Gasteiger partial charge in [-0.2, -0.15) is 0 Å². The number of phenols is 1. The zero-order valence-electron chi connectivity index (χ0n) is 9.64. The molecule has 0 atom stereocenters. The van der Waals surface area contributed by atoms with E-state index in [0.717, 1.165) is 0 Å². The molecule has 0 aliphatic rings. The van der Waals surface area contributed by atoms with Gasteiger partial charge >= 0.3 is 0 Å². The van der Waals surface area contributed by atoms with Gasteiger partial charge in [-0.1, -0.05) is 0 Å². The van der Waals surface area contributed by atoms with Crippen LogP contribution in [-0.4, -0.2) is 42.7 Å². The van der Waals surface area contributed by atoms with Gasteiger partial charge in [-0.15, -0.1) is 0 Å². The van der Waals surface area contributed by atoms with Crippen molar-refractivity contribution in [2.24, 2.45) is 0 Å². The maximum atomic E-state index is 11.8. The van der Waals surface area contributed by atoms with E-state index in [0.29, 0.717) is 25.3 Å². The van der Waals surface area contributed by atoms with Crippen molar-refractivity contribution in [2.45, 2.75) is 6.92 Å². The Hall–Kier alpha value is -1.55. The number of benzene rings is 1. The third-order valence-corrected chi connectivity index (χ3v) is 2.24. The van der Waals surface area contributed by atoms with Gasteiger partial charge in [-0.3, -0.25) is 4.79 Å². The number of carbonyl (C=O) groups is 1. The zero-order chi connectivity index (χ0) is 12.0. The molecule has 4 heteroatoms. The minimum Gasteiger partial charge on any atom is -0.508 e. The number of ether oxygens (including phenoxy) is 1. The molecule has 0 saturated carbocycles. The highest BCUT2D eigenvalue weighted by Gasteiger charge is 2.10. The lowest BCUT2D eigenvalue weighted by Gasteiger charge is -2.16. The summed E-state index contributed by atoms with van der Waals surface area (Å²) in [5.41, 5.74) is 0.566. The molecular formula is C12H17NO3. The average Bonchev–Trinajstić information content (AvgIpc) is 2.29. The van der Waals surface area contributed by atoms with Crippen molar-refractivity contribution in [1.29, 1.82) is 0 Å². The van der Waals surface area contributed by atoms with Crippen molar-refractivity contribution in [3.63, 3.8) is 0 Å². The number of hydrogen-bond acceptors (Lipinski definition) is 3.